The van der Waals surface area contributed by atoms with Gasteiger partial charge < -0.3 is 16.0 Å². The molecule has 0 amide bonds. The van der Waals surface area contributed by atoms with E-state index in [9.17, 15) is 0 Å². The van der Waals surface area contributed by atoms with Crippen molar-refractivity contribution in [1.82, 2.24) is 5.32 Å². The van der Waals surface area contributed by atoms with Crippen LogP contribution in [-0.4, -0.2) is 0 Å². The average molecular weight is 456 g/mol. The molecule has 3 N–H and O–H groups in total. The molecule has 0 atom stereocenters. The predicted molar refractivity (Wildman–Crippen MR) is 152 cm³/mol. The minimum absolute atomic E-state index is 0.120. The topological polar surface area (TPSA) is 36.1 Å². The van der Waals surface area contributed by atoms with E-state index in [1.165, 1.54) is 22.3 Å². The lowest BCUT2D eigenvalue weighted by molar-refractivity contribution is 0.487. The van der Waals surface area contributed by atoms with Gasteiger partial charge in [0.25, 0.3) is 0 Å². The lowest BCUT2D eigenvalue weighted by Crippen LogP contribution is -2.18. The Kier molecular flexibility index (Phi) is 9.56. The minimum atomic E-state index is 0.120. The molecule has 0 spiro atoms. The molecule has 0 radical (unpaired) electrons. The van der Waals surface area contributed by atoms with E-state index in [-0.39, 0.29) is 5.41 Å². The van der Waals surface area contributed by atoms with E-state index >= 15 is 0 Å². The first-order chi connectivity index (χ1) is 16.0. The maximum Gasteiger partial charge on any atom is 0.100 e. The quantitative estimate of drug-likeness (QED) is 0.296. The van der Waals surface area contributed by atoms with E-state index in [0.29, 0.717) is 5.82 Å². The molecule has 2 aromatic carbocycles. The van der Waals surface area contributed by atoms with Crippen molar-refractivity contribution in [3.63, 3.8) is 0 Å². The number of allylic oxidation sites excluding steroid dienone is 4. The normalized spacial score (nSPS) is 12.2. The molecule has 0 saturated heterocycles. The summed E-state index contributed by atoms with van der Waals surface area (Å²) in [5, 5.41) is 9.97. The zero-order chi connectivity index (χ0) is 25.3. The molecular weight excluding hydrogens is 414 g/mol. The van der Waals surface area contributed by atoms with E-state index in [4.69, 9.17) is 0 Å². The lowest BCUT2D eigenvalue weighted by Gasteiger charge is -2.23. The van der Waals surface area contributed by atoms with Crippen molar-refractivity contribution in [1.29, 1.82) is 0 Å². The second-order valence-electron chi connectivity index (χ2n) is 9.64. The van der Waals surface area contributed by atoms with Gasteiger partial charge >= 0.3 is 0 Å². The number of rotatable bonds is 11. The van der Waals surface area contributed by atoms with Gasteiger partial charge in [-0.1, -0.05) is 83.3 Å². The second kappa shape index (κ2) is 12.1. The monoisotopic (exact) mass is 455 g/mol. The van der Waals surface area contributed by atoms with Crippen LogP contribution in [0, 0.1) is 12.3 Å². The number of hydrogen-bond acceptors (Lipinski definition) is 3. The van der Waals surface area contributed by atoms with Crippen LogP contribution >= 0.6 is 0 Å². The maximum atomic E-state index is 4.24. The van der Waals surface area contributed by atoms with Crippen LogP contribution in [0.3, 0.4) is 0 Å². The molecule has 0 heterocycles. The Morgan fingerprint density at radius 3 is 2.03 bits per heavy atom. The highest BCUT2D eigenvalue weighted by molar-refractivity contribution is 5.70. The Labute approximate surface area is 207 Å². The van der Waals surface area contributed by atoms with Crippen LogP contribution in [0.5, 0.6) is 0 Å². The number of anilines is 2. The van der Waals surface area contributed by atoms with Crippen molar-refractivity contribution in [2.45, 2.75) is 54.4 Å². The summed E-state index contributed by atoms with van der Waals surface area (Å²) in [6.07, 6.45) is 6.03. The summed E-state index contributed by atoms with van der Waals surface area (Å²) in [7, 11) is 0. The summed E-state index contributed by atoms with van der Waals surface area (Å²) in [4.78, 5) is 0. The van der Waals surface area contributed by atoms with E-state index < -0.39 is 0 Å². The van der Waals surface area contributed by atoms with Crippen molar-refractivity contribution >= 4 is 16.9 Å². The predicted octanol–water partition coefficient (Wildman–Crippen LogP) is 8.78. The summed E-state index contributed by atoms with van der Waals surface area (Å²) in [5.74, 6) is 0.687. The lowest BCUT2D eigenvalue weighted by atomic mass is 9.84. The fourth-order valence-corrected chi connectivity index (χ4v) is 3.90. The molecule has 0 bridgehead atoms. The van der Waals surface area contributed by atoms with Crippen LogP contribution in [0.4, 0.5) is 11.4 Å². The smallest absolute Gasteiger partial charge is 0.100 e. The largest absolute Gasteiger partial charge is 0.359 e. The Hall–Kier alpha value is -3.46. The van der Waals surface area contributed by atoms with Gasteiger partial charge in [0, 0.05) is 29.2 Å². The molecule has 0 aliphatic heterocycles. The maximum absolute atomic E-state index is 4.24. The molecule has 0 aromatic heterocycles. The first-order valence-corrected chi connectivity index (χ1v) is 11.9. The first kappa shape index (κ1) is 26.8. The van der Waals surface area contributed by atoms with Gasteiger partial charge in [0.15, 0.2) is 0 Å². The van der Waals surface area contributed by atoms with Gasteiger partial charge in [-0.05, 0) is 72.7 Å². The van der Waals surface area contributed by atoms with Gasteiger partial charge in [-0.15, -0.1) is 0 Å². The third-order valence-corrected chi connectivity index (χ3v) is 5.75. The number of aryl methyl sites for hydroxylation is 1. The molecule has 3 nitrogen and oxygen atoms in total. The minimum Gasteiger partial charge on any atom is -0.359 e. The van der Waals surface area contributed by atoms with Gasteiger partial charge in [0.2, 0.25) is 0 Å². The third-order valence-electron chi connectivity index (χ3n) is 5.75. The highest BCUT2D eigenvalue weighted by Gasteiger charge is 2.15. The Morgan fingerprint density at radius 2 is 1.50 bits per heavy atom. The number of nitrogens with one attached hydrogen (secondary N) is 3. The molecular formula is C31H41N3. The molecule has 34 heavy (non-hydrogen) atoms. The highest BCUT2D eigenvalue weighted by atomic mass is 15.1. The standard InChI is InChI=1S/C31H41N3/c1-10-26(30-15-13-12-14-22(30)3)20-23(4)33-28-16-18-29(19-17-28)34-25(6)32-24(5)21-27(11-2)31(7,8)9/h10,12-19,21,32-34H,4-6,11,20H2,1-3,7-9H3/b26-10-,27-21+. The van der Waals surface area contributed by atoms with Crippen LogP contribution in [0.15, 0.2) is 103 Å². The third kappa shape index (κ3) is 8.15. The molecule has 3 heteroatoms. The van der Waals surface area contributed by atoms with Crippen LogP contribution < -0.4 is 16.0 Å². The van der Waals surface area contributed by atoms with Crippen LogP contribution in [0.25, 0.3) is 5.57 Å². The van der Waals surface area contributed by atoms with Gasteiger partial charge in [-0.3, -0.25) is 0 Å². The Bertz CT molecular complexity index is 1080. The van der Waals surface area contributed by atoms with E-state index in [1.807, 2.05) is 24.3 Å². The Balaban J connectivity index is 1.93. The van der Waals surface area contributed by atoms with Crippen molar-refractivity contribution in [2.24, 2.45) is 5.41 Å². The molecule has 2 rings (SSSR count). The molecule has 180 valence electrons. The van der Waals surface area contributed by atoms with Gasteiger partial charge in [0.05, 0.1) is 0 Å². The second-order valence-corrected chi connectivity index (χ2v) is 9.64. The summed E-state index contributed by atoms with van der Waals surface area (Å²) in [6, 6.07) is 16.6. The van der Waals surface area contributed by atoms with Gasteiger partial charge in [-0.25, -0.2) is 0 Å². The van der Waals surface area contributed by atoms with E-state index in [1.54, 1.807) is 0 Å². The molecule has 0 fully saturated rings. The molecule has 0 saturated carbocycles. The summed E-state index contributed by atoms with van der Waals surface area (Å²) in [6.45, 7) is 25.5. The fraction of sp³-hybridized carbons (Fsp3) is 0.290. The SMILES string of the molecule is C=C(/C=C(\CC)C(C)(C)C)NC(=C)Nc1ccc(NC(=C)C/C(=C/C)c2ccccc2C)cc1. The summed E-state index contributed by atoms with van der Waals surface area (Å²) < 4.78 is 0. The first-order valence-electron chi connectivity index (χ1n) is 11.9. The van der Waals surface area contributed by atoms with Gasteiger partial charge in [0.1, 0.15) is 5.82 Å². The van der Waals surface area contributed by atoms with Crippen molar-refractivity contribution in [3.8, 4) is 0 Å². The summed E-state index contributed by atoms with van der Waals surface area (Å²) >= 11 is 0. The summed E-state index contributed by atoms with van der Waals surface area (Å²) in [5.41, 5.74) is 9.00. The van der Waals surface area contributed by atoms with Crippen LogP contribution in [0.1, 0.15) is 58.6 Å². The van der Waals surface area contributed by atoms with Crippen molar-refractivity contribution in [3.05, 3.63) is 114 Å². The van der Waals surface area contributed by atoms with E-state index in [2.05, 4.69) is 114 Å². The average Bonchev–Trinajstić information content (AvgIpc) is 2.77. The van der Waals surface area contributed by atoms with Crippen molar-refractivity contribution in [2.75, 3.05) is 10.6 Å². The van der Waals surface area contributed by atoms with E-state index in [0.717, 1.165) is 35.6 Å². The zero-order valence-electron chi connectivity index (χ0n) is 21.8. The molecule has 0 unspecified atom stereocenters. The number of benzene rings is 2. The van der Waals surface area contributed by atoms with Gasteiger partial charge in [-0.2, -0.15) is 0 Å². The molecule has 0 aliphatic carbocycles. The highest BCUT2D eigenvalue weighted by Crippen LogP contribution is 2.28. The zero-order valence-corrected chi connectivity index (χ0v) is 21.8. The number of hydrogen-bond donors (Lipinski definition) is 3. The van der Waals surface area contributed by atoms with Crippen molar-refractivity contribution < 1.29 is 0 Å². The van der Waals surface area contributed by atoms with Crippen LogP contribution in [-0.2, 0) is 0 Å². The van der Waals surface area contributed by atoms with Crippen LogP contribution in [0.2, 0.25) is 0 Å². The molecule has 2 aromatic rings. The Morgan fingerprint density at radius 1 is 0.912 bits per heavy atom. The molecule has 0 aliphatic rings. The fourth-order valence-electron chi connectivity index (χ4n) is 3.90.